The van der Waals surface area contributed by atoms with Crippen LogP contribution in [0.15, 0.2) is 16.6 Å². The van der Waals surface area contributed by atoms with E-state index in [4.69, 9.17) is 5.11 Å². The molecule has 2 amide bonds. The first-order valence-electron chi connectivity index (χ1n) is 5.91. The van der Waals surface area contributed by atoms with Gasteiger partial charge in [-0.15, -0.1) is 0 Å². The van der Waals surface area contributed by atoms with E-state index >= 15 is 0 Å². The topological polar surface area (TPSA) is 98.7 Å². The van der Waals surface area contributed by atoms with Crippen LogP contribution in [0.2, 0.25) is 0 Å². The molecule has 0 bridgehead atoms. The third kappa shape index (κ3) is 4.21. The zero-order chi connectivity index (χ0) is 15.5. The van der Waals surface area contributed by atoms with Crippen molar-refractivity contribution in [1.29, 1.82) is 0 Å². The minimum absolute atomic E-state index is 0.386. The van der Waals surface area contributed by atoms with E-state index < -0.39 is 17.6 Å². The molecule has 0 aliphatic carbocycles. The average Bonchev–Trinajstić information content (AvgIpc) is 2.31. The van der Waals surface area contributed by atoms with Crippen LogP contribution in [0.25, 0.3) is 0 Å². The fourth-order valence-electron chi connectivity index (χ4n) is 1.59. The molecule has 0 spiro atoms. The summed E-state index contributed by atoms with van der Waals surface area (Å²) in [4.78, 5) is 22.4. The van der Waals surface area contributed by atoms with E-state index in [0.29, 0.717) is 5.69 Å². The molecular formula is C13H17BrN2O4. The van der Waals surface area contributed by atoms with Crippen LogP contribution in [0.4, 0.5) is 10.5 Å². The second-order valence-corrected chi connectivity index (χ2v) is 5.72. The minimum atomic E-state index is -2.00. The lowest BCUT2D eigenvalue weighted by atomic mass is 10.1. The normalized spacial score (nSPS) is 13.4. The van der Waals surface area contributed by atoms with Crippen LogP contribution in [0.1, 0.15) is 18.1 Å². The van der Waals surface area contributed by atoms with Crippen LogP contribution in [0.5, 0.6) is 0 Å². The maximum Gasteiger partial charge on any atom is 0.337 e. The minimum Gasteiger partial charge on any atom is -0.479 e. The summed E-state index contributed by atoms with van der Waals surface area (Å²) in [6.45, 7) is 4.43. The smallest absolute Gasteiger partial charge is 0.337 e. The maximum atomic E-state index is 11.7. The van der Waals surface area contributed by atoms with Crippen LogP contribution in [-0.4, -0.2) is 34.4 Å². The molecule has 0 aliphatic rings. The van der Waals surface area contributed by atoms with Crippen molar-refractivity contribution >= 4 is 33.6 Å². The third-order valence-corrected chi connectivity index (χ3v) is 3.25. The molecule has 1 unspecified atom stereocenters. The summed E-state index contributed by atoms with van der Waals surface area (Å²) < 4.78 is 0.910. The summed E-state index contributed by atoms with van der Waals surface area (Å²) in [7, 11) is 0. The lowest BCUT2D eigenvalue weighted by Gasteiger charge is -2.19. The summed E-state index contributed by atoms with van der Waals surface area (Å²) in [5.74, 6) is -1.39. The van der Waals surface area contributed by atoms with E-state index in [-0.39, 0.29) is 6.54 Å². The Morgan fingerprint density at radius 1 is 1.30 bits per heavy atom. The van der Waals surface area contributed by atoms with Gasteiger partial charge < -0.3 is 20.8 Å². The van der Waals surface area contributed by atoms with Crippen LogP contribution >= 0.6 is 15.9 Å². The predicted octanol–water partition coefficient (Wildman–Crippen LogP) is 2.02. The molecule has 6 nitrogen and oxygen atoms in total. The van der Waals surface area contributed by atoms with Crippen LogP contribution < -0.4 is 10.6 Å². The number of aliphatic hydroxyl groups is 1. The quantitative estimate of drug-likeness (QED) is 0.671. The molecule has 0 fully saturated rings. The second-order valence-electron chi connectivity index (χ2n) is 4.80. The van der Waals surface area contributed by atoms with E-state index in [1.807, 2.05) is 26.0 Å². The number of carbonyl (C=O) groups is 2. The van der Waals surface area contributed by atoms with E-state index in [9.17, 15) is 14.7 Å². The molecule has 0 radical (unpaired) electrons. The molecule has 7 heteroatoms. The Morgan fingerprint density at radius 2 is 1.80 bits per heavy atom. The van der Waals surface area contributed by atoms with Crippen molar-refractivity contribution in [3.8, 4) is 0 Å². The largest absolute Gasteiger partial charge is 0.479 e. The number of benzene rings is 1. The molecule has 1 rings (SSSR count). The number of aryl methyl sites for hydroxylation is 2. The zero-order valence-electron chi connectivity index (χ0n) is 11.5. The Balaban J connectivity index is 2.71. The molecule has 0 saturated carbocycles. The Hall–Kier alpha value is -1.60. The fourth-order valence-corrected chi connectivity index (χ4v) is 2.28. The van der Waals surface area contributed by atoms with Crippen LogP contribution in [0.3, 0.4) is 0 Å². The van der Waals surface area contributed by atoms with Crippen molar-refractivity contribution in [2.24, 2.45) is 0 Å². The molecule has 1 atom stereocenters. The van der Waals surface area contributed by atoms with Gasteiger partial charge in [-0.2, -0.15) is 0 Å². The highest BCUT2D eigenvalue weighted by Gasteiger charge is 2.30. The number of aliphatic carboxylic acids is 1. The first kappa shape index (κ1) is 16.5. The number of carboxylic acid groups (broad SMARTS) is 1. The van der Waals surface area contributed by atoms with Crippen molar-refractivity contribution in [2.75, 3.05) is 11.9 Å². The Kier molecular flexibility index (Phi) is 5.13. The van der Waals surface area contributed by atoms with Crippen molar-refractivity contribution in [1.82, 2.24) is 5.32 Å². The first-order valence-corrected chi connectivity index (χ1v) is 6.70. The fraction of sp³-hybridized carbons (Fsp3) is 0.385. The molecular weight excluding hydrogens is 328 g/mol. The van der Waals surface area contributed by atoms with Gasteiger partial charge in [0.1, 0.15) is 0 Å². The van der Waals surface area contributed by atoms with Gasteiger partial charge in [0.25, 0.3) is 0 Å². The van der Waals surface area contributed by atoms with E-state index in [1.54, 1.807) is 0 Å². The molecule has 0 aromatic heterocycles. The standard InChI is InChI=1S/C13H17BrN2O4/c1-7-4-9(14)5-8(2)10(7)16-12(19)15-6-13(3,20)11(17)18/h4-5,20H,6H2,1-3H3,(H,17,18)(H2,15,16,19). The summed E-state index contributed by atoms with van der Waals surface area (Å²) in [5.41, 5.74) is 0.399. The highest BCUT2D eigenvalue weighted by molar-refractivity contribution is 9.10. The van der Waals surface area contributed by atoms with Gasteiger partial charge in [0.15, 0.2) is 5.60 Å². The number of rotatable bonds is 4. The summed E-state index contributed by atoms with van der Waals surface area (Å²) >= 11 is 3.36. The molecule has 110 valence electrons. The predicted molar refractivity (Wildman–Crippen MR) is 78.9 cm³/mol. The van der Waals surface area contributed by atoms with Gasteiger partial charge in [0.05, 0.1) is 6.54 Å². The number of carboxylic acids is 1. The maximum absolute atomic E-state index is 11.7. The molecule has 0 heterocycles. The number of anilines is 1. The Morgan fingerprint density at radius 3 is 2.25 bits per heavy atom. The number of halogens is 1. The van der Waals surface area contributed by atoms with Crippen LogP contribution in [-0.2, 0) is 4.79 Å². The summed E-state index contributed by atoms with van der Waals surface area (Å²) in [5, 5.41) is 23.2. The number of carbonyl (C=O) groups excluding carboxylic acids is 1. The van der Waals surface area contributed by atoms with Gasteiger partial charge >= 0.3 is 12.0 Å². The SMILES string of the molecule is Cc1cc(Br)cc(C)c1NC(=O)NCC(C)(O)C(=O)O. The van der Waals surface area contributed by atoms with E-state index in [1.165, 1.54) is 0 Å². The number of nitrogens with one attached hydrogen (secondary N) is 2. The molecule has 20 heavy (non-hydrogen) atoms. The Labute approximate surface area is 125 Å². The highest BCUT2D eigenvalue weighted by Crippen LogP contribution is 2.24. The highest BCUT2D eigenvalue weighted by atomic mass is 79.9. The van der Waals surface area contributed by atoms with Gasteiger partial charge in [-0.3, -0.25) is 0 Å². The lowest BCUT2D eigenvalue weighted by molar-refractivity contribution is -0.155. The zero-order valence-corrected chi connectivity index (χ0v) is 13.0. The van der Waals surface area contributed by atoms with Gasteiger partial charge in [0, 0.05) is 10.2 Å². The van der Waals surface area contributed by atoms with Crippen molar-refractivity contribution in [3.05, 3.63) is 27.7 Å². The second kappa shape index (κ2) is 6.23. The average molecular weight is 345 g/mol. The molecule has 0 saturated heterocycles. The van der Waals surface area contributed by atoms with Gasteiger partial charge in [0.2, 0.25) is 0 Å². The monoisotopic (exact) mass is 344 g/mol. The van der Waals surface area contributed by atoms with Crippen LogP contribution in [0, 0.1) is 13.8 Å². The summed E-state index contributed by atoms with van der Waals surface area (Å²) in [6, 6.07) is 3.14. The van der Waals surface area contributed by atoms with Crippen molar-refractivity contribution in [3.63, 3.8) is 0 Å². The third-order valence-electron chi connectivity index (χ3n) is 2.79. The van der Waals surface area contributed by atoms with E-state index in [0.717, 1.165) is 22.5 Å². The van der Waals surface area contributed by atoms with Crippen molar-refractivity contribution < 1.29 is 19.8 Å². The molecule has 1 aromatic rings. The van der Waals surface area contributed by atoms with E-state index in [2.05, 4.69) is 26.6 Å². The molecule has 0 aliphatic heterocycles. The molecule has 4 N–H and O–H groups in total. The number of amides is 2. The number of urea groups is 1. The summed E-state index contributed by atoms with van der Waals surface area (Å²) in [6.07, 6.45) is 0. The van der Waals surface area contributed by atoms with Gasteiger partial charge in [-0.05, 0) is 44.0 Å². The number of hydrogen-bond acceptors (Lipinski definition) is 3. The number of hydrogen-bond donors (Lipinski definition) is 4. The first-order chi connectivity index (χ1) is 9.13. The van der Waals surface area contributed by atoms with Gasteiger partial charge in [-0.25, -0.2) is 9.59 Å². The van der Waals surface area contributed by atoms with Crippen molar-refractivity contribution in [2.45, 2.75) is 26.4 Å². The Bertz CT molecular complexity index is 520. The lowest BCUT2D eigenvalue weighted by Crippen LogP contribution is -2.47. The van der Waals surface area contributed by atoms with Gasteiger partial charge in [-0.1, -0.05) is 15.9 Å². The molecule has 1 aromatic carbocycles.